The van der Waals surface area contributed by atoms with Crippen LogP contribution < -0.4 is 10.9 Å². The standard InChI is InChI=1S/C10H11ClN4OS/c1-2-6-3-13-8(17-6)5-12-7-4-14-15-10(16)9(7)11/h3-4H,2,5H2,1H3,(H2,12,15,16). The number of hydrogen-bond donors (Lipinski definition) is 2. The number of anilines is 1. The number of H-pyrrole nitrogens is 1. The number of aryl methyl sites for hydroxylation is 1. The largest absolute Gasteiger partial charge is 0.376 e. The minimum absolute atomic E-state index is 0.118. The van der Waals surface area contributed by atoms with E-state index < -0.39 is 5.56 Å². The van der Waals surface area contributed by atoms with E-state index in [0.29, 0.717) is 12.2 Å². The number of aromatic amines is 1. The number of aromatic nitrogens is 3. The van der Waals surface area contributed by atoms with Gasteiger partial charge in [0.25, 0.3) is 5.56 Å². The molecule has 0 bridgehead atoms. The van der Waals surface area contributed by atoms with Crippen LogP contribution in [0.3, 0.4) is 0 Å². The molecule has 0 aliphatic carbocycles. The predicted molar refractivity (Wildman–Crippen MR) is 68.7 cm³/mol. The minimum atomic E-state index is -0.398. The van der Waals surface area contributed by atoms with Crippen LogP contribution in [-0.4, -0.2) is 15.2 Å². The predicted octanol–water partition coefficient (Wildman–Crippen LogP) is 2.05. The van der Waals surface area contributed by atoms with E-state index in [4.69, 9.17) is 11.6 Å². The van der Waals surface area contributed by atoms with Gasteiger partial charge in [-0.3, -0.25) is 4.79 Å². The summed E-state index contributed by atoms with van der Waals surface area (Å²) in [5.74, 6) is 0. The smallest absolute Gasteiger partial charge is 0.285 e. The van der Waals surface area contributed by atoms with E-state index in [0.717, 1.165) is 11.4 Å². The topological polar surface area (TPSA) is 70.7 Å². The third-order valence-electron chi connectivity index (χ3n) is 2.18. The van der Waals surface area contributed by atoms with E-state index in [2.05, 4.69) is 27.4 Å². The van der Waals surface area contributed by atoms with Crippen LogP contribution in [0.2, 0.25) is 5.02 Å². The molecule has 5 nitrogen and oxygen atoms in total. The maximum absolute atomic E-state index is 11.2. The lowest BCUT2D eigenvalue weighted by atomic mass is 10.4. The summed E-state index contributed by atoms with van der Waals surface area (Å²) in [4.78, 5) is 16.7. The van der Waals surface area contributed by atoms with Gasteiger partial charge >= 0.3 is 0 Å². The first-order chi connectivity index (χ1) is 8.20. The molecule has 2 heterocycles. The maximum Gasteiger partial charge on any atom is 0.285 e. The highest BCUT2D eigenvalue weighted by Gasteiger charge is 2.05. The number of nitrogens with one attached hydrogen (secondary N) is 2. The van der Waals surface area contributed by atoms with Gasteiger partial charge < -0.3 is 5.32 Å². The Hall–Kier alpha value is -1.40. The van der Waals surface area contributed by atoms with Crippen LogP contribution in [0.1, 0.15) is 16.8 Å². The van der Waals surface area contributed by atoms with Crippen LogP contribution >= 0.6 is 22.9 Å². The number of thiazole rings is 1. The van der Waals surface area contributed by atoms with Gasteiger partial charge in [0.05, 0.1) is 18.4 Å². The molecular weight excluding hydrogens is 260 g/mol. The van der Waals surface area contributed by atoms with Crippen molar-refractivity contribution in [3.05, 3.63) is 37.7 Å². The van der Waals surface area contributed by atoms with Crippen LogP contribution in [0.15, 0.2) is 17.2 Å². The summed E-state index contributed by atoms with van der Waals surface area (Å²) in [6, 6.07) is 0. The SMILES string of the molecule is CCc1cnc(CNc2cn[nH]c(=O)c2Cl)s1. The normalized spacial score (nSPS) is 10.5. The lowest BCUT2D eigenvalue weighted by molar-refractivity contribution is 0.979. The number of hydrogen-bond acceptors (Lipinski definition) is 5. The van der Waals surface area contributed by atoms with E-state index in [1.165, 1.54) is 11.1 Å². The molecule has 2 aromatic rings. The van der Waals surface area contributed by atoms with Crippen LogP contribution in [-0.2, 0) is 13.0 Å². The molecule has 0 unspecified atom stereocenters. The summed E-state index contributed by atoms with van der Waals surface area (Å²) >= 11 is 7.47. The Labute approximate surface area is 107 Å². The average molecular weight is 271 g/mol. The maximum atomic E-state index is 11.2. The quantitative estimate of drug-likeness (QED) is 0.892. The van der Waals surface area contributed by atoms with Crippen molar-refractivity contribution >= 4 is 28.6 Å². The van der Waals surface area contributed by atoms with E-state index in [-0.39, 0.29) is 5.02 Å². The van der Waals surface area contributed by atoms with Crippen molar-refractivity contribution in [1.82, 2.24) is 15.2 Å². The second-order valence-electron chi connectivity index (χ2n) is 3.35. The van der Waals surface area contributed by atoms with E-state index in [1.54, 1.807) is 11.3 Å². The highest BCUT2D eigenvalue weighted by atomic mass is 35.5. The highest BCUT2D eigenvalue weighted by molar-refractivity contribution is 7.11. The van der Waals surface area contributed by atoms with Crippen molar-refractivity contribution in [3.8, 4) is 0 Å². The van der Waals surface area contributed by atoms with Crippen molar-refractivity contribution < 1.29 is 0 Å². The van der Waals surface area contributed by atoms with Gasteiger partial charge in [0.2, 0.25) is 0 Å². The zero-order valence-electron chi connectivity index (χ0n) is 9.16. The molecular formula is C10H11ClN4OS. The molecule has 17 heavy (non-hydrogen) atoms. The van der Waals surface area contributed by atoms with Crippen molar-refractivity contribution in [2.45, 2.75) is 19.9 Å². The molecule has 2 aromatic heterocycles. The molecule has 0 aliphatic rings. The fourth-order valence-corrected chi connectivity index (χ4v) is 2.23. The van der Waals surface area contributed by atoms with Gasteiger partial charge in [-0.15, -0.1) is 11.3 Å². The fourth-order valence-electron chi connectivity index (χ4n) is 1.27. The van der Waals surface area contributed by atoms with E-state index >= 15 is 0 Å². The summed E-state index contributed by atoms with van der Waals surface area (Å²) in [6.07, 6.45) is 4.32. The van der Waals surface area contributed by atoms with E-state index in [9.17, 15) is 4.79 Å². The Morgan fingerprint density at radius 2 is 2.35 bits per heavy atom. The van der Waals surface area contributed by atoms with Crippen molar-refractivity contribution in [2.24, 2.45) is 0 Å². The Balaban J connectivity index is 2.07. The Morgan fingerprint density at radius 1 is 1.53 bits per heavy atom. The third kappa shape index (κ3) is 2.83. The van der Waals surface area contributed by atoms with Gasteiger partial charge in [-0.05, 0) is 6.42 Å². The highest BCUT2D eigenvalue weighted by Crippen LogP contribution is 2.18. The molecule has 0 aromatic carbocycles. The van der Waals surface area contributed by atoms with E-state index in [1.807, 2.05) is 6.20 Å². The second kappa shape index (κ2) is 5.29. The molecule has 0 spiro atoms. The first-order valence-electron chi connectivity index (χ1n) is 5.11. The Bertz CT molecular complexity index is 565. The van der Waals surface area contributed by atoms with Gasteiger partial charge in [0, 0.05) is 11.1 Å². The fraction of sp³-hybridized carbons (Fsp3) is 0.300. The summed E-state index contributed by atoms with van der Waals surface area (Å²) < 4.78 is 0. The molecule has 0 atom stereocenters. The van der Waals surface area contributed by atoms with Crippen LogP contribution in [0.5, 0.6) is 0 Å². The molecule has 2 rings (SSSR count). The number of halogens is 1. The molecule has 7 heteroatoms. The first-order valence-corrected chi connectivity index (χ1v) is 6.30. The van der Waals surface area contributed by atoms with Gasteiger partial charge in [-0.25, -0.2) is 10.1 Å². The molecule has 0 saturated heterocycles. The van der Waals surface area contributed by atoms with Gasteiger partial charge in [0.1, 0.15) is 10.0 Å². The average Bonchev–Trinajstić information content (AvgIpc) is 2.79. The monoisotopic (exact) mass is 270 g/mol. The molecule has 0 radical (unpaired) electrons. The molecule has 0 fully saturated rings. The molecule has 0 amide bonds. The van der Waals surface area contributed by atoms with Crippen molar-refractivity contribution in [1.29, 1.82) is 0 Å². The zero-order chi connectivity index (χ0) is 12.3. The van der Waals surface area contributed by atoms with Crippen LogP contribution in [0, 0.1) is 0 Å². The van der Waals surface area contributed by atoms with Gasteiger partial charge in [-0.2, -0.15) is 5.10 Å². The Morgan fingerprint density at radius 3 is 3.06 bits per heavy atom. The minimum Gasteiger partial charge on any atom is -0.376 e. The lowest BCUT2D eigenvalue weighted by Crippen LogP contribution is -2.11. The molecule has 90 valence electrons. The zero-order valence-corrected chi connectivity index (χ0v) is 10.7. The van der Waals surface area contributed by atoms with Gasteiger partial charge in [0.15, 0.2) is 0 Å². The molecule has 0 saturated carbocycles. The van der Waals surface area contributed by atoms with Crippen LogP contribution in [0.25, 0.3) is 0 Å². The summed E-state index contributed by atoms with van der Waals surface area (Å²) in [5, 5.41) is 10.1. The summed E-state index contributed by atoms with van der Waals surface area (Å²) in [5.41, 5.74) is 0.119. The number of rotatable bonds is 4. The third-order valence-corrected chi connectivity index (χ3v) is 3.69. The summed E-state index contributed by atoms with van der Waals surface area (Å²) in [6.45, 7) is 2.62. The molecule has 0 aliphatic heterocycles. The van der Waals surface area contributed by atoms with Crippen LogP contribution in [0.4, 0.5) is 5.69 Å². The summed E-state index contributed by atoms with van der Waals surface area (Å²) in [7, 11) is 0. The number of nitrogens with zero attached hydrogens (tertiary/aromatic N) is 2. The first kappa shape index (κ1) is 12.1. The van der Waals surface area contributed by atoms with Gasteiger partial charge in [-0.1, -0.05) is 18.5 Å². The lowest BCUT2D eigenvalue weighted by Gasteiger charge is -2.04. The second-order valence-corrected chi connectivity index (χ2v) is 4.93. The Kier molecular flexibility index (Phi) is 3.75. The van der Waals surface area contributed by atoms with Crippen molar-refractivity contribution in [2.75, 3.05) is 5.32 Å². The van der Waals surface area contributed by atoms with Crippen molar-refractivity contribution in [3.63, 3.8) is 0 Å². The molecule has 2 N–H and O–H groups in total.